The molecular weight excluding hydrogens is 252 g/mol. The molecule has 0 aliphatic heterocycles. The molecule has 100 valence electrons. The third kappa shape index (κ3) is 5.27. The number of anilines is 1. The van der Waals surface area contributed by atoms with E-state index in [9.17, 15) is 4.79 Å². The van der Waals surface area contributed by atoms with Crippen molar-refractivity contribution in [1.29, 1.82) is 0 Å². The number of nitrogen functional groups attached to an aromatic ring is 1. The Morgan fingerprint density at radius 2 is 2.22 bits per heavy atom. The molecule has 3 N–H and O–H groups in total. The van der Waals surface area contributed by atoms with E-state index in [-0.39, 0.29) is 12.5 Å². The monoisotopic (exact) mass is 270 g/mol. The van der Waals surface area contributed by atoms with Crippen LogP contribution in [-0.2, 0) is 4.79 Å². The molecule has 0 fully saturated rings. The Balaban J connectivity index is 2.33. The number of hydrogen-bond donors (Lipinski definition) is 2. The summed E-state index contributed by atoms with van der Waals surface area (Å²) in [5, 5.41) is 3.33. The van der Waals surface area contributed by atoms with Crippen LogP contribution in [0.15, 0.2) is 18.2 Å². The van der Waals surface area contributed by atoms with Crippen molar-refractivity contribution in [2.75, 3.05) is 18.9 Å². The summed E-state index contributed by atoms with van der Waals surface area (Å²) < 4.78 is 5.32. The fourth-order valence-corrected chi connectivity index (χ4v) is 1.53. The number of benzene rings is 1. The van der Waals surface area contributed by atoms with Crippen molar-refractivity contribution >= 4 is 23.2 Å². The Morgan fingerprint density at radius 3 is 2.83 bits per heavy atom. The van der Waals surface area contributed by atoms with Gasteiger partial charge in [-0.05, 0) is 30.5 Å². The minimum atomic E-state index is -0.148. The molecular formula is C13H19ClN2O2. The zero-order valence-corrected chi connectivity index (χ0v) is 11.5. The van der Waals surface area contributed by atoms with Crippen molar-refractivity contribution in [3.05, 3.63) is 23.2 Å². The molecule has 0 heterocycles. The van der Waals surface area contributed by atoms with E-state index in [1.165, 1.54) is 0 Å². The number of amides is 1. The minimum Gasteiger partial charge on any atom is -0.482 e. The first-order valence-electron chi connectivity index (χ1n) is 5.93. The number of hydrogen-bond acceptors (Lipinski definition) is 3. The van der Waals surface area contributed by atoms with Crippen LogP contribution in [0.5, 0.6) is 5.75 Å². The number of nitrogens with one attached hydrogen (secondary N) is 1. The van der Waals surface area contributed by atoms with Gasteiger partial charge in [0.05, 0.1) is 5.69 Å². The quantitative estimate of drug-likeness (QED) is 0.781. The number of carbonyl (C=O) groups excluding carboxylic acids is 1. The second-order valence-electron chi connectivity index (χ2n) is 4.50. The average molecular weight is 271 g/mol. The normalized spacial score (nSPS) is 10.4. The smallest absolute Gasteiger partial charge is 0.257 e. The summed E-state index contributed by atoms with van der Waals surface area (Å²) in [7, 11) is 0. The summed E-state index contributed by atoms with van der Waals surface area (Å²) >= 11 is 5.76. The maximum Gasteiger partial charge on any atom is 0.257 e. The molecule has 1 rings (SSSR count). The Hall–Kier alpha value is -1.42. The topological polar surface area (TPSA) is 64.3 Å². The zero-order valence-electron chi connectivity index (χ0n) is 10.7. The van der Waals surface area contributed by atoms with E-state index in [2.05, 4.69) is 19.2 Å². The third-order valence-electron chi connectivity index (χ3n) is 2.37. The first-order chi connectivity index (χ1) is 8.49. The van der Waals surface area contributed by atoms with Crippen molar-refractivity contribution in [1.82, 2.24) is 5.32 Å². The number of rotatable bonds is 6. The van der Waals surface area contributed by atoms with Gasteiger partial charge in [-0.3, -0.25) is 4.79 Å². The molecule has 1 aromatic carbocycles. The highest BCUT2D eigenvalue weighted by Crippen LogP contribution is 2.24. The molecule has 1 amide bonds. The van der Waals surface area contributed by atoms with Gasteiger partial charge in [0.1, 0.15) is 5.75 Å². The van der Waals surface area contributed by atoms with E-state index < -0.39 is 0 Å². The highest BCUT2D eigenvalue weighted by Gasteiger charge is 2.05. The minimum absolute atomic E-state index is 0.0378. The van der Waals surface area contributed by atoms with Crippen LogP contribution in [0.25, 0.3) is 0 Å². The standard InChI is InChI=1S/C13H19ClN2O2/c1-9(2)5-6-16-13(17)8-18-12-4-3-10(14)7-11(12)15/h3-4,7,9H,5-6,8,15H2,1-2H3,(H,16,17). The summed E-state index contributed by atoms with van der Waals surface area (Å²) in [6, 6.07) is 4.91. The first kappa shape index (κ1) is 14.6. The van der Waals surface area contributed by atoms with Crippen LogP contribution in [0.4, 0.5) is 5.69 Å². The number of nitrogens with two attached hydrogens (primary N) is 1. The van der Waals surface area contributed by atoms with Crippen molar-refractivity contribution in [2.24, 2.45) is 5.92 Å². The molecule has 0 aromatic heterocycles. The van der Waals surface area contributed by atoms with Crippen LogP contribution < -0.4 is 15.8 Å². The zero-order chi connectivity index (χ0) is 13.5. The van der Waals surface area contributed by atoms with Crippen molar-refractivity contribution in [2.45, 2.75) is 20.3 Å². The molecule has 0 aliphatic rings. The summed E-state index contributed by atoms with van der Waals surface area (Å²) in [6.45, 7) is 4.84. The summed E-state index contributed by atoms with van der Waals surface area (Å²) in [4.78, 5) is 11.5. The van der Waals surface area contributed by atoms with Gasteiger partial charge in [0.25, 0.3) is 5.91 Å². The molecule has 0 bridgehead atoms. The third-order valence-corrected chi connectivity index (χ3v) is 2.61. The van der Waals surface area contributed by atoms with E-state index in [1.54, 1.807) is 18.2 Å². The predicted molar refractivity (Wildman–Crippen MR) is 73.8 cm³/mol. The molecule has 0 radical (unpaired) electrons. The molecule has 18 heavy (non-hydrogen) atoms. The van der Waals surface area contributed by atoms with E-state index >= 15 is 0 Å². The lowest BCUT2D eigenvalue weighted by molar-refractivity contribution is -0.123. The molecule has 0 saturated heterocycles. The van der Waals surface area contributed by atoms with Crippen molar-refractivity contribution < 1.29 is 9.53 Å². The van der Waals surface area contributed by atoms with Gasteiger partial charge in [-0.2, -0.15) is 0 Å². The molecule has 1 aromatic rings. The lowest BCUT2D eigenvalue weighted by Gasteiger charge is -2.10. The molecule has 0 saturated carbocycles. The molecule has 0 aliphatic carbocycles. The van der Waals surface area contributed by atoms with Crippen molar-refractivity contribution in [3.63, 3.8) is 0 Å². The Labute approximate surface area is 112 Å². The van der Waals surface area contributed by atoms with E-state index in [1.807, 2.05) is 0 Å². The first-order valence-corrected chi connectivity index (χ1v) is 6.31. The number of carbonyl (C=O) groups is 1. The largest absolute Gasteiger partial charge is 0.482 e. The van der Waals surface area contributed by atoms with Gasteiger partial charge in [-0.15, -0.1) is 0 Å². The maximum atomic E-state index is 11.5. The van der Waals surface area contributed by atoms with Crippen LogP contribution in [0, 0.1) is 5.92 Å². The van der Waals surface area contributed by atoms with Crippen molar-refractivity contribution in [3.8, 4) is 5.75 Å². The lowest BCUT2D eigenvalue weighted by atomic mass is 10.1. The maximum absolute atomic E-state index is 11.5. The fourth-order valence-electron chi connectivity index (χ4n) is 1.35. The van der Waals surface area contributed by atoms with E-state index in [4.69, 9.17) is 22.1 Å². The average Bonchev–Trinajstić information content (AvgIpc) is 2.27. The van der Waals surface area contributed by atoms with Gasteiger partial charge in [0.15, 0.2) is 6.61 Å². The van der Waals surface area contributed by atoms with Gasteiger partial charge in [0, 0.05) is 11.6 Å². The van der Waals surface area contributed by atoms with Gasteiger partial charge in [-0.25, -0.2) is 0 Å². The number of halogens is 1. The van der Waals surface area contributed by atoms with Gasteiger partial charge in [0.2, 0.25) is 0 Å². The molecule has 0 spiro atoms. The Kier molecular flexibility index (Phi) is 5.78. The van der Waals surface area contributed by atoms with Gasteiger partial charge in [-0.1, -0.05) is 25.4 Å². The Bertz CT molecular complexity index is 408. The molecule has 0 atom stereocenters. The summed E-state index contributed by atoms with van der Waals surface area (Å²) in [5.41, 5.74) is 6.13. The number of ether oxygens (including phenoxy) is 1. The van der Waals surface area contributed by atoms with Crippen LogP contribution in [-0.4, -0.2) is 19.1 Å². The van der Waals surface area contributed by atoms with Crippen LogP contribution in [0.2, 0.25) is 5.02 Å². The second-order valence-corrected chi connectivity index (χ2v) is 4.94. The Morgan fingerprint density at radius 1 is 1.50 bits per heavy atom. The summed E-state index contributed by atoms with van der Waals surface area (Å²) in [5.74, 6) is 0.890. The molecule has 0 unspecified atom stereocenters. The SMILES string of the molecule is CC(C)CCNC(=O)COc1ccc(Cl)cc1N. The summed E-state index contributed by atoms with van der Waals surface area (Å²) in [6.07, 6.45) is 0.953. The highest BCUT2D eigenvalue weighted by molar-refractivity contribution is 6.30. The van der Waals surface area contributed by atoms with E-state index in [0.29, 0.717) is 28.9 Å². The van der Waals surface area contributed by atoms with Gasteiger partial charge >= 0.3 is 0 Å². The van der Waals surface area contributed by atoms with Crippen LogP contribution in [0.1, 0.15) is 20.3 Å². The molecule has 5 heteroatoms. The molecule has 4 nitrogen and oxygen atoms in total. The van der Waals surface area contributed by atoms with Crippen LogP contribution >= 0.6 is 11.6 Å². The fraction of sp³-hybridized carbons (Fsp3) is 0.462. The van der Waals surface area contributed by atoms with Crippen LogP contribution in [0.3, 0.4) is 0 Å². The highest BCUT2D eigenvalue weighted by atomic mass is 35.5. The van der Waals surface area contributed by atoms with Gasteiger partial charge < -0.3 is 15.8 Å². The predicted octanol–water partition coefficient (Wildman–Crippen LogP) is 2.46. The van der Waals surface area contributed by atoms with E-state index in [0.717, 1.165) is 6.42 Å². The lowest BCUT2D eigenvalue weighted by Crippen LogP contribution is -2.30. The second kappa shape index (κ2) is 7.11.